The maximum absolute atomic E-state index is 4.33. The van der Waals surface area contributed by atoms with Crippen LogP contribution in [0.25, 0.3) is 0 Å². The van der Waals surface area contributed by atoms with Crippen LogP contribution in [-0.2, 0) is 6.54 Å². The van der Waals surface area contributed by atoms with E-state index >= 15 is 0 Å². The molecule has 3 nitrogen and oxygen atoms in total. The fraction of sp³-hybridized carbons (Fsp3) is 0.750. The molecule has 0 aliphatic carbocycles. The van der Waals surface area contributed by atoms with Gasteiger partial charge in [0.2, 0.25) is 0 Å². The molecule has 0 saturated carbocycles. The Balaban J connectivity index is 1.98. The molecule has 90 valence electrons. The summed E-state index contributed by atoms with van der Waals surface area (Å²) >= 11 is 1.79. The number of thiazole rings is 1. The molecule has 16 heavy (non-hydrogen) atoms. The van der Waals surface area contributed by atoms with Crippen LogP contribution in [0.3, 0.4) is 0 Å². The van der Waals surface area contributed by atoms with E-state index in [-0.39, 0.29) is 0 Å². The summed E-state index contributed by atoms with van der Waals surface area (Å²) < 4.78 is 0. The molecule has 1 aromatic rings. The van der Waals surface area contributed by atoms with E-state index in [1.807, 2.05) is 12.6 Å². The van der Waals surface area contributed by atoms with Crippen molar-refractivity contribution in [1.29, 1.82) is 0 Å². The van der Waals surface area contributed by atoms with Gasteiger partial charge in [0.25, 0.3) is 0 Å². The van der Waals surface area contributed by atoms with Gasteiger partial charge in [-0.15, -0.1) is 11.3 Å². The van der Waals surface area contributed by atoms with Gasteiger partial charge in [-0.25, -0.2) is 4.98 Å². The zero-order valence-electron chi connectivity index (χ0n) is 10.2. The third-order valence-electron chi connectivity index (χ3n) is 3.38. The molecule has 1 aromatic heterocycles. The number of piperidine rings is 1. The predicted octanol–water partition coefficient (Wildman–Crippen LogP) is 2.03. The monoisotopic (exact) mass is 239 g/mol. The maximum Gasteiger partial charge on any atom is 0.0798 e. The predicted molar refractivity (Wildman–Crippen MR) is 68.8 cm³/mol. The molecule has 0 spiro atoms. The van der Waals surface area contributed by atoms with Gasteiger partial charge in [-0.3, -0.25) is 4.90 Å². The molecule has 1 aliphatic heterocycles. The van der Waals surface area contributed by atoms with E-state index in [2.05, 4.69) is 22.1 Å². The van der Waals surface area contributed by atoms with Crippen LogP contribution in [0.1, 0.15) is 29.8 Å². The lowest BCUT2D eigenvalue weighted by Gasteiger charge is -2.35. The topological polar surface area (TPSA) is 28.2 Å². The van der Waals surface area contributed by atoms with Crippen molar-refractivity contribution in [2.24, 2.45) is 0 Å². The highest BCUT2D eigenvalue weighted by Crippen LogP contribution is 2.22. The molecule has 2 heterocycles. The minimum atomic E-state index is 0.709. The summed E-state index contributed by atoms with van der Waals surface area (Å²) in [6.45, 7) is 5.55. The minimum Gasteiger partial charge on any atom is -0.318 e. The van der Waals surface area contributed by atoms with Crippen molar-refractivity contribution >= 4 is 11.3 Å². The molecule has 1 fully saturated rings. The molecule has 1 N–H and O–H groups in total. The summed E-state index contributed by atoms with van der Waals surface area (Å²) in [6, 6.07) is 0.709. The standard InChI is InChI=1S/C12H21N3S/c1-10-12(16-9-14-10)8-15-6-4-3-5-11(15)7-13-2/h9,11,13H,3-8H2,1-2H3. The van der Waals surface area contributed by atoms with Gasteiger partial charge in [0, 0.05) is 24.0 Å². The molecule has 1 saturated heterocycles. The van der Waals surface area contributed by atoms with Gasteiger partial charge in [0.15, 0.2) is 0 Å². The van der Waals surface area contributed by atoms with Crippen LogP contribution >= 0.6 is 11.3 Å². The zero-order chi connectivity index (χ0) is 11.4. The third-order valence-corrected chi connectivity index (χ3v) is 4.30. The Morgan fingerprint density at radius 1 is 1.56 bits per heavy atom. The Bertz CT molecular complexity index is 322. The zero-order valence-corrected chi connectivity index (χ0v) is 11.0. The average Bonchev–Trinajstić information content (AvgIpc) is 2.68. The summed E-state index contributed by atoms with van der Waals surface area (Å²) in [4.78, 5) is 8.37. The van der Waals surface area contributed by atoms with Gasteiger partial charge in [-0.05, 0) is 33.4 Å². The number of aromatic nitrogens is 1. The van der Waals surface area contributed by atoms with Crippen LogP contribution in [0, 0.1) is 6.92 Å². The summed E-state index contributed by atoms with van der Waals surface area (Å²) in [5, 5.41) is 3.31. The van der Waals surface area contributed by atoms with Crippen LogP contribution in [0.4, 0.5) is 0 Å². The molecule has 0 bridgehead atoms. The van der Waals surface area contributed by atoms with Crippen molar-refractivity contribution < 1.29 is 0 Å². The van der Waals surface area contributed by atoms with Crippen molar-refractivity contribution in [1.82, 2.24) is 15.2 Å². The Kier molecular flexibility index (Phi) is 4.32. The van der Waals surface area contributed by atoms with Crippen molar-refractivity contribution in [2.45, 2.75) is 38.8 Å². The molecular weight excluding hydrogens is 218 g/mol. The number of nitrogens with one attached hydrogen (secondary N) is 1. The fourth-order valence-electron chi connectivity index (χ4n) is 2.40. The lowest BCUT2D eigenvalue weighted by molar-refractivity contribution is 0.140. The number of nitrogens with zero attached hydrogens (tertiary/aromatic N) is 2. The maximum atomic E-state index is 4.33. The van der Waals surface area contributed by atoms with Crippen molar-refractivity contribution in [3.63, 3.8) is 0 Å². The summed E-state index contributed by atoms with van der Waals surface area (Å²) in [5.41, 5.74) is 3.17. The largest absolute Gasteiger partial charge is 0.318 e. The van der Waals surface area contributed by atoms with Crippen molar-refractivity contribution in [3.8, 4) is 0 Å². The van der Waals surface area contributed by atoms with E-state index in [0.717, 1.165) is 13.1 Å². The first-order valence-corrected chi connectivity index (χ1v) is 6.97. The van der Waals surface area contributed by atoms with Crippen LogP contribution in [0.5, 0.6) is 0 Å². The van der Waals surface area contributed by atoms with E-state index in [9.17, 15) is 0 Å². The highest BCUT2D eigenvalue weighted by atomic mass is 32.1. The summed E-state index contributed by atoms with van der Waals surface area (Å²) in [6.07, 6.45) is 4.06. The number of likely N-dealkylation sites (N-methyl/N-ethyl adjacent to an activating group) is 1. The first kappa shape index (κ1) is 12.0. The third kappa shape index (κ3) is 2.81. The summed E-state index contributed by atoms with van der Waals surface area (Å²) in [7, 11) is 2.05. The SMILES string of the molecule is CNCC1CCCCN1Cc1scnc1C. The van der Waals surface area contributed by atoms with Crippen molar-refractivity contribution in [2.75, 3.05) is 20.1 Å². The smallest absolute Gasteiger partial charge is 0.0798 e. The Labute approximate surface area is 102 Å². The number of aryl methyl sites for hydroxylation is 1. The Morgan fingerprint density at radius 3 is 3.12 bits per heavy atom. The number of hydrogen-bond acceptors (Lipinski definition) is 4. The van der Waals surface area contributed by atoms with E-state index in [0.29, 0.717) is 6.04 Å². The molecular formula is C12H21N3S. The highest BCUT2D eigenvalue weighted by molar-refractivity contribution is 7.09. The van der Waals surface area contributed by atoms with Gasteiger partial charge in [0.1, 0.15) is 0 Å². The van der Waals surface area contributed by atoms with Crippen LogP contribution in [0.2, 0.25) is 0 Å². The molecule has 4 heteroatoms. The van der Waals surface area contributed by atoms with E-state index < -0.39 is 0 Å². The average molecular weight is 239 g/mol. The van der Waals surface area contributed by atoms with E-state index in [1.165, 1.54) is 36.4 Å². The molecule has 1 atom stereocenters. The summed E-state index contributed by atoms with van der Waals surface area (Å²) in [5.74, 6) is 0. The molecule has 1 unspecified atom stereocenters. The molecule has 0 radical (unpaired) electrons. The lowest BCUT2D eigenvalue weighted by atomic mass is 10.0. The highest BCUT2D eigenvalue weighted by Gasteiger charge is 2.22. The normalized spacial score (nSPS) is 22.5. The second-order valence-corrected chi connectivity index (χ2v) is 5.48. The second kappa shape index (κ2) is 5.75. The Hall–Kier alpha value is -0.450. The molecule has 2 rings (SSSR count). The van der Waals surface area contributed by atoms with Crippen LogP contribution in [-0.4, -0.2) is 36.1 Å². The number of likely N-dealkylation sites (tertiary alicyclic amines) is 1. The van der Waals surface area contributed by atoms with Gasteiger partial charge in [-0.1, -0.05) is 6.42 Å². The molecule has 0 aromatic carbocycles. The Morgan fingerprint density at radius 2 is 2.44 bits per heavy atom. The molecule has 0 amide bonds. The first-order chi connectivity index (χ1) is 7.81. The minimum absolute atomic E-state index is 0.709. The lowest BCUT2D eigenvalue weighted by Crippen LogP contribution is -2.44. The van der Waals surface area contributed by atoms with Gasteiger partial charge >= 0.3 is 0 Å². The number of hydrogen-bond donors (Lipinski definition) is 1. The van der Waals surface area contributed by atoms with E-state index in [4.69, 9.17) is 0 Å². The second-order valence-electron chi connectivity index (χ2n) is 4.54. The number of rotatable bonds is 4. The van der Waals surface area contributed by atoms with E-state index in [1.54, 1.807) is 11.3 Å². The quantitative estimate of drug-likeness (QED) is 0.871. The van der Waals surface area contributed by atoms with Crippen LogP contribution < -0.4 is 5.32 Å². The first-order valence-electron chi connectivity index (χ1n) is 6.09. The molecule has 1 aliphatic rings. The van der Waals surface area contributed by atoms with Gasteiger partial charge in [0.05, 0.1) is 11.2 Å². The van der Waals surface area contributed by atoms with Crippen LogP contribution in [0.15, 0.2) is 5.51 Å². The van der Waals surface area contributed by atoms with Crippen molar-refractivity contribution in [3.05, 3.63) is 16.1 Å². The fourth-order valence-corrected chi connectivity index (χ4v) is 3.20. The van der Waals surface area contributed by atoms with Gasteiger partial charge in [-0.2, -0.15) is 0 Å². The van der Waals surface area contributed by atoms with Gasteiger partial charge < -0.3 is 5.32 Å².